The second kappa shape index (κ2) is 4.58. The van der Waals surface area contributed by atoms with Crippen LogP contribution < -0.4 is 0 Å². The van der Waals surface area contributed by atoms with E-state index >= 15 is 0 Å². The summed E-state index contributed by atoms with van der Waals surface area (Å²) in [7, 11) is 0. The van der Waals surface area contributed by atoms with Crippen LogP contribution in [0.25, 0.3) is 32.7 Å². The molecule has 3 aromatic heterocycles. The number of nitrogens with zero attached hydrogens (tertiary/aromatic N) is 2. The van der Waals surface area contributed by atoms with Gasteiger partial charge in [-0.1, -0.05) is 30.3 Å². The first-order valence-corrected chi connectivity index (χ1v) is 7.23. The van der Waals surface area contributed by atoms with E-state index in [0.717, 1.165) is 22.3 Å². The number of hydrogen-bond donors (Lipinski definition) is 1. The lowest BCUT2D eigenvalue weighted by Crippen LogP contribution is -1.89. The lowest BCUT2D eigenvalue weighted by Gasteiger charge is -2.08. The molecule has 0 aliphatic carbocycles. The van der Waals surface area contributed by atoms with Gasteiger partial charge in [-0.25, -0.2) is 9.97 Å². The van der Waals surface area contributed by atoms with Crippen LogP contribution in [0.3, 0.4) is 0 Å². The maximum Gasteiger partial charge on any atom is 0.141 e. The first kappa shape index (κ1) is 11.4. The van der Waals surface area contributed by atoms with Crippen LogP contribution in [0.15, 0.2) is 60.4 Å². The minimum absolute atomic E-state index is 0.871. The van der Waals surface area contributed by atoms with E-state index in [9.17, 15) is 0 Å². The smallest absolute Gasteiger partial charge is 0.141 e. The molecule has 3 nitrogen and oxygen atoms in total. The van der Waals surface area contributed by atoms with Crippen LogP contribution in [0.2, 0.25) is 0 Å². The molecule has 0 amide bonds. The Balaban J connectivity index is 2.02. The highest BCUT2D eigenvalue weighted by Gasteiger charge is 2.12. The fourth-order valence-electron chi connectivity index (χ4n) is 2.42. The molecule has 1 N–H and O–H groups in total. The lowest BCUT2D eigenvalue weighted by atomic mass is 10.0. The van der Waals surface area contributed by atoms with Crippen LogP contribution in [-0.4, -0.2) is 15.0 Å². The second-order valence-electron chi connectivity index (χ2n) is 4.49. The summed E-state index contributed by atoms with van der Waals surface area (Å²) >= 11 is 1.74. The Kier molecular flexibility index (Phi) is 2.60. The van der Waals surface area contributed by atoms with Crippen molar-refractivity contribution in [3.05, 3.63) is 60.4 Å². The summed E-state index contributed by atoms with van der Waals surface area (Å²) in [4.78, 5) is 13.1. The maximum atomic E-state index is 4.49. The van der Waals surface area contributed by atoms with Crippen molar-refractivity contribution in [3.8, 4) is 21.7 Å². The van der Waals surface area contributed by atoms with Gasteiger partial charge in [0, 0.05) is 27.6 Å². The Hall–Kier alpha value is -2.46. The molecule has 3 heterocycles. The van der Waals surface area contributed by atoms with E-state index in [1.54, 1.807) is 17.7 Å². The number of aromatic nitrogens is 3. The quantitative estimate of drug-likeness (QED) is 0.591. The number of fused-ring (bicyclic) bond motifs is 1. The van der Waals surface area contributed by atoms with Gasteiger partial charge in [0.05, 0.1) is 5.69 Å². The highest BCUT2D eigenvalue weighted by atomic mass is 32.1. The number of benzene rings is 1. The van der Waals surface area contributed by atoms with E-state index in [2.05, 4.69) is 50.7 Å². The monoisotopic (exact) mass is 277 g/mol. The van der Waals surface area contributed by atoms with E-state index in [1.165, 1.54) is 10.4 Å². The Morgan fingerprint density at radius 1 is 0.900 bits per heavy atom. The Morgan fingerprint density at radius 2 is 1.80 bits per heavy atom. The average molecular weight is 277 g/mol. The first-order chi connectivity index (χ1) is 9.93. The van der Waals surface area contributed by atoms with Gasteiger partial charge in [0.25, 0.3) is 0 Å². The topological polar surface area (TPSA) is 41.6 Å². The zero-order chi connectivity index (χ0) is 13.4. The molecule has 4 heteroatoms. The summed E-state index contributed by atoms with van der Waals surface area (Å²) < 4.78 is 0. The van der Waals surface area contributed by atoms with E-state index < -0.39 is 0 Å². The van der Waals surface area contributed by atoms with Crippen molar-refractivity contribution in [3.63, 3.8) is 0 Å². The molecule has 0 saturated heterocycles. The van der Waals surface area contributed by atoms with E-state index in [4.69, 9.17) is 0 Å². The zero-order valence-corrected chi connectivity index (χ0v) is 11.4. The van der Waals surface area contributed by atoms with Gasteiger partial charge in [-0.2, -0.15) is 0 Å². The fourth-order valence-corrected chi connectivity index (χ4v) is 3.19. The third-order valence-corrected chi connectivity index (χ3v) is 4.23. The van der Waals surface area contributed by atoms with Gasteiger partial charge in [-0.3, -0.25) is 0 Å². The molecule has 96 valence electrons. The SMILES string of the molecule is c1csc(-c2ccccc2-c2ncnc3[nH]ccc23)c1. The lowest BCUT2D eigenvalue weighted by molar-refractivity contribution is 1.20. The van der Waals surface area contributed by atoms with Crippen LogP contribution >= 0.6 is 11.3 Å². The maximum absolute atomic E-state index is 4.49. The number of hydrogen-bond acceptors (Lipinski definition) is 3. The van der Waals surface area contributed by atoms with Crippen molar-refractivity contribution < 1.29 is 0 Å². The van der Waals surface area contributed by atoms with Crippen LogP contribution in [0, 0.1) is 0 Å². The molecule has 0 atom stereocenters. The van der Waals surface area contributed by atoms with Crippen molar-refractivity contribution in [2.45, 2.75) is 0 Å². The molecule has 0 radical (unpaired) electrons. The molecule has 1 aromatic carbocycles. The standard InChI is InChI=1S/C16H11N3S/c1-2-5-12(11(4-1)14-6-3-9-20-14)15-13-7-8-17-16(13)19-10-18-15/h1-10H,(H,17,18,19). The third kappa shape index (κ3) is 1.73. The van der Waals surface area contributed by atoms with E-state index in [1.807, 2.05) is 18.3 Å². The molecule has 4 aromatic rings. The summed E-state index contributed by atoms with van der Waals surface area (Å²) in [6, 6.07) is 14.6. The van der Waals surface area contributed by atoms with Gasteiger partial charge >= 0.3 is 0 Å². The first-order valence-electron chi connectivity index (χ1n) is 6.35. The number of rotatable bonds is 2. The van der Waals surface area contributed by atoms with Crippen LogP contribution in [0.1, 0.15) is 0 Å². The van der Waals surface area contributed by atoms with Gasteiger partial charge in [-0.15, -0.1) is 11.3 Å². The van der Waals surface area contributed by atoms with Crippen molar-refractivity contribution in [2.24, 2.45) is 0 Å². The highest BCUT2D eigenvalue weighted by Crippen LogP contribution is 2.35. The fraction of sp³-hybridized carbons (Fsp3) is 0. The highest BCUT2D eigenvalue weighted by molar-refractivity contribution is 7.13. The van der Waals surface area contributed by atoms with Crippen LogP contribution in [0.5, 0.6) is 0 Å². The zero-order valence-electron chi connectivity index (χ0n) is 10.6. The van der Waals surface area contributed by atoms with Gasteiger partial charge in [-0.05, 0) is 17.5 Å². The minimum atomic E-state index is 0.871. The number of nitrogens with one attached hydrogen (secondary N) is 1. The van der Waals surface area contributed by atoms with Crippen molar-refractivity contribution in [2.75, 3.05) is 0 Å². The van der Waals surface area contributed by atoms with Crippen molar-refractivity contribution in [1.29, 1.82) is 0 Å². The summed E-state index contributed by atoms with van der Waals surface area (Å²) in [6.45, 7) is 0. The summed E-state index contributed by atoms with van der Waals surface area (Å²) in [6.07, 6.45) is 3.51. The molecule has 20 heavy (non-hydrogen) atoms. The third-order valence-electron chi connectivity index (χ3n) is 3.32. The predicted molar refractivity (Wildman–Crippen MR) is 82.6 cm³/mol. The molecule has 0 aliphatic heterocycles. The molecule has 0 bridgehead atoms. The molecule has 0 saturated carbocycles. The Bertz CT molecular complexity index is 862. The number of H-pyrrole nitrogens is 1. The predicted octanol–water partition coefficient (Wildman–Crippen LogP) is 4.35. The minimum Gasteiger partial charge on any atom is -0.346 e. The largest absolute Gasteiger partial charge is 0.346 e. The summed E-state index contributed by atoms with van der Waals surface area (Å²) in [5, 5.41) is 3.15. The molecule has 4 rings (SSSR count). The van der Waals surface area contributed by atoms with E-state index in [-0.39, 0.29) is 0 Å². The van der Waals surface area contributed by atoms with Gasteiger partial charge in [0.1, 0.15) is 12.0 Å². The van der Waals surface area contributed by atoms with Crippen molar-refractivity contribution >= 4 is 22.4 Å². The van der Waals surface area contributed by atoms with Gasteiger partial charge in [0.2, 0.25) is 0 Å². The molecular weight excluding hydrogens is 266 g/mol. The van der Waals surface area contributed by atoms with Gasteiger partial charge in [0.15, 0.2) is 0 Å². The molecule has 0 spiro atoms. The van der Waals surface area contributed by atoms with E-state index in [0.29, 0.717) is 0 Å². The Morgan fingerprint density at radius 3 is 2.65 bits per heavy atom. The molecular formula is C16H11N3S. The number of aromatic amines is 1. The molecule has 0 fully saturated rings. The van der Waals surface area contributed by atoms with Gasteiger partial charge < -0.3 is 4.98 Å². The molecule has 0 unspecified atom stereocenters. The van der Waals surface area contributed by atoms with Crippen LogP contribution in [0.4, 0.5) is 0 Å². The van der Waals surface area contributed by atoms with Crippen LogP contribution in [-0.2, 0) is 0 Å². The Labute approximate surface area is 120 Å². The molecule has 0 aliphatic rings. The number of thiophene rings is 1. The average Bonchev–Trinajstić information content (AvgIpc) is 3.18. The second-order valence-corrected chi connectivity index (χ2v) is 5.43. The summed E-state index contributed by atoms with van der Waals surface area (Å²) in [5.41, 5.74) is 4.20. The van der Waals surface area contributed by atoms with Crippen molar-refractivity contribution in [1.82, 2.24) is 15.0 Å². The summed E-state index contributed by atoms with van der Waals surface area (Å²) in [5.74, 6) is 0. The normalized spacial score (nSPS) is 11.0.